The number of fused-ring (bicyclic) bond motifs is 3. The van der Waals surface area contributed by atoms with Gasteiger partial charge in [-0.15, -0.1) is 0 Å². The van der Waals surface area contributed by atoms with E-state index in [2.05, 4.69) is 10.2 Å². The van der Waals surface area contributed by atoms with Gasteiger partial charge in [0.15, 0.2) is 0 Å². The molecule has 0 saturated carbocycles. The van der Waals surface area contributed by atoms with E-state index in [4.69, 9.17) is 9.15 Å². The molecule has 4 heterocycles. The highest BCUT2D eigenvalue weighted by atomic mass is 16.5. The third-order valence-corrected chi connectivity index (χ3v) is 6.14. The Morgan fingerprint density at radius 2 is 2.24 bits per heavy atom. The molecule has 25 heavy (non-hydrogen) atoms. The molecule has 6 nitrogen and oxygen atoms in total. The number of carbonyl (C=O) groups is 1. The number of hydrogen-bond donors (Lipinski definition) is 1. The number of carbonyl (C=O) groups excluding carboxylic acids is 1. The third-order valence-electron chi connectivity index (χ3n) is 6.14. The normalized spacial score (nSPS) is 30.2. The molecule has 4 atom stereocenters. The number of likely N-dealkylation sites (tertiary alicyclic amines) is 1. The molecule has 3 aliphatic heterocycles. The Balaban J connectivity index is 1.38. The summed E-state index contributed by atoms with van der Waals surface area (Å²) in [5.41, 5.74) is 0. The standard InChI is InChI=1S/C19H29N3O3/c1-13-6-7-18(25-13)16(12-24-2)20-19(23)22-10-14-9-21-8-4-3-5-17(21)15(14)11-22/h6-7,14-17H,3-5,8-12H2,1-2H3,(H,20,23)/t14-,15-,16-,17+/m0/s1. The summed E-state index contributed by atoms with van der Waals surface area (Å²) < 4.78 is 11.0. The van der Waals surface area contributed by atoms with E-state index in [-0.39, 0.29) is 12.1 Å². The van der Waals surface area contributed by atoms with Gasteiger partial charge in [0.1, 0.15) is 17.6 Å². The van der Waals surface area contributed by atoms with Crippen LogP contribution < -0.4 is 5.32 Å². The maximum absolute atomic E-state index is 12.8. The zero-order chi connectivity index (χ0) is 17.4. The quantitative estimate of drug-likeness (QED) is 0.909. The van der Waals surface area contributed by atoms with E-state index in [1.807, 2.05) is 24.0 Å². The van der Waals surface area contributed by atoms with Gasteiger partial charge in [-0.05, 0) is 50.3 Å². The molecule has 4 rings (SSSR count). The van der Waals surface area contributed by atoms with Crippen LogP contribution in [0.4, 0.5) is 4.79 Å². The van der Waals surface area contributed by atoms with Gasteiger partial charge in [0.2, 0.25) is 0 Å². The minimum absolute atomic E-state index is 0.00728. The van der Waals surface area contributed by atoms with E-state index in [1.165, 1.54) is 25.8 Å². The number of nitrogens with one attached hydrogen (secondary N) is 1. The molecule has 3 aliphatic rings. The van der Waals surface area contributed by atoms with Gasteiger partial charge in [0.05, 0.1) is 6.61 Å². The van der Waals surface area contributed by atoms with Crippen LogP contribution in [0.2, 0.25) is 0 Å². The molecule has 138 valence electrons. The number of piperidine rings is 1. The molecule has 3 fully saturated rings. The number of nitrogens with zero attached hydrogens (tertiary/aromatic N) is 2. The Kier molecular flexibility index (Phi) is 4.73. The maximum Gasteiger partial charge on any atom is 0.318 e. The molecule has 1 aromatic rings. The predicted molar refractivity (Wildman–Crippen MR) is 94.4 cm³/mol. The lowest BCUT2D eigenvalue weighted by molar-refractivity contribution is 0.139. The average Bonchev–Trinajstić information content (AvgIpc) is 3.28. The van der Waals surface area contributed by atoms with Crippen molar-refractivity contribution in [3.05, 3.63) is 23.7 Å². The fourth-order valence-corrected chi connectivity index (χ4v) is 4.96. The summed E-state index contributed by atoms with van der Waals surface area (Å²) in [7, 11) is 1.65. The van der Waals surface area contributed by atoms with E-state index in [9.17, 15) is 4.79 Å². The van der Waals surface area contributed by atoms with E-state index < -0.39 is 0 Å². The first-order valence-electron chi connectivity index (χ1n) is 9.50. The van der Waals surface area contributed by atoms with E-state index >= 15 is 0 Å². The summed E-state index contributed by atoms with van der Waals surface area (Å²) in [4.78, 5) is 17.5. The van der Waals surface area contributed by atoms with Crippen LogP contribution in [0.1, 0.15) is 36.8 Å². The fourth-order valence-electron chi connectivity index (χ4n) is 4.96. The molecule has 0 aromatic carbocycles. The summed E-state index contributed by atoms with van der Waals surface area (Å²) in [6.07, 6.45) is 3.97. The molecule has 0 aliphatic carbocycles. The van der Waals surface area contributed by atoms with Crippen LogP contribution in [-0.4, -0.2) is 61.8 Å². The topological polar surface area (TPSA) is 58.0 Å². The summed E-state index contributed by atoms with van der Waals surface area (Å²) in [6.45, 7) is 6.49. The lowest BCUT2D eigenvalue weighted by atomic mass is 9.90. The van der Waals surface area contributed by atoms with E-state index in [0.29, 0.717) is 24.5 Å². The number of rotatable bonds is 4. The molecule has 3 saturated heterocycles. The van der Waals surface area contributed by atoms with Gasteiger partial charge in [0.25, 0.3) is 0 Å². The molecule has 2 amide bonds. The monoisotopic (exact) mass is 347 g/mol. The van der Waals surface area contributed by atoms with Crippen LogP contribution >= 0.6 is 0 Å². The van der Waals surface area contributed by atoms with Crippen LogP contribution in [-0.2, 0) is 4.74 Å². The zero-order valence-electron chi connectivity index (χ0n) is 15.2. The highest BCUT2D eigenvalue weighted by Crippen LogP contribution is 2.40. The lowest BCUT2D eigenvalue weighted by Crippen LogP contribution is -2.45. The molecule has 6 heteroatoms. The fraction of sp³-hybridized carbons (Fsp3) is 0.737. The summed E-state index contributed by atoms with van der Waals surface area (Å²) >= 11 is 0. The average molecular weight is 347 g/mol. The first-order chi connectivity index (χ1) is 12.2. The van der Waals surface area contributed by atoms with Crippen molar-refractivity contribution >= 4 is 6.03 Å². The van der Waals surface area contributed by atoms with Crippen molar-refractivity contribution in [2.24, 2.45) is 11.8 Å². The van der Waals surface area contributed by atoms with Gasteiger partial charge in [0, 0.05) is 32.8 Å². The Hall–Kier alpha value is -1.53. The van der Waals surface area contributed by atoms with Gasteiger partial charge in [-0.2, -0.15) is 0 Å². The van der Waals surface area contributed by atoms with Gasteiger partial charge in [-0.1, -0.05) is 6.42 Å². The second-order valence-electron chi connectivity index (χ2n) is 7.79. The molecule has 0 bridgehead atoms. The number of amides is 2. The molecule has 1 N–H and O–H groups in total. The number of ether oxygens (including phenoxy) is 1. The van der Waals surface area contributed by atoms with Crippen LogP contribution in [0.15, 0.2) is 16.5 Å². The Morgan fingerprint density at radius 3 is 3.00 bits per heavy atom. The molecular formula is C19H29N3O3. The number of furan rings is 1. The Labute approximate surface area is 149 Å². The first kappa shape index (κ1) is 16.9. The highest BCUT2D eigenvalue weighted by molar-refractivity contribution is 5.75. The zero-order valence-corrected chi connectivity index (χ0v) is 15.2. The SMILES string of the molecule is COC[C@H](NC(=O)N1C[C@@H]2CN3CCCC[C@@H]3[C@H]2C1)c1ccc(C)o1. The van der Waals surface area contributed by atoms with Crippen molar-refractivity contribution in [2.45, 2.75) is 38.3 Å². The largest absolute Gasteiger partial charge is 0.464 e. The predicted octanol–water partition coefficient (Wildman–Crippen LogP) is 2.40. The Bertz CT molecular complexity index is 617. The number of urea groups is 1. The molecule has 0 spiro atoms. The minimum atomic E-state index is -0.238. The molecule has 0 unspecified atom stereocenters. The molecular weight excluding hydrogens is 318 g/mol. The minimum Gasteiger partial charge on any atom is -0.464 e. The first-order valence-corrected chi connectivity index (χ1v) is 9.50. The van der Waals surface area contributed by atoms with Crippen molar-refractivity contribution in [1.82, 2.24) is 15.1 Å². The van der Waals surface area contributed by atoms with E-state index in [1.54, 1.807) is 7.11 Å². The van der Waals surface area contributed by atoms with Crippen molar-refractivity contribution < 1.29 is 13.9 Å². The molecule has 0 radical (unpaired) electrons. The number of methoxy groups -OCH3 is 1. The lowest BCUT2D eigenvalue weighted by Gasteiger charge is -2.33. The van der Waals surface area contributed by atoms with Crippen LogP contribution in [0.25, 0.3) is 0 Å². The summed E-state index contributed by atoms with van der Waals surface area (Å²) in [6, 6.07) is 4.30. The van der Waals surface area contributed by atoms with Crippen molar-refractivity contribution in [3.8, 4) is 0 Å². The third kappa shape index (κ3) is 3.29. The maximum atomic E-state index is 12.8. The van der Waals surface area contributed by atoms with Gasteiger partial charge in [-0.25, -0.2) is 4.79 Å². The Morgan fingerprint density at radius 1 is 1.36 bits per heavy atom. The highest BCUT2D eigenvalue weighted by Gasteiger charge is 2.48. The molecule has 1 aromatic heterocycles. The second-order valence-corrected chi connectivity index (χ2v) is 7.79. The van der Waals surface area contributed by atoms with Gasteiger partial charge in [-0.3, -0.25) is 4.90 Å². The smallest absolute Gasteiger partial charge is 0.318 e. The van der Waals surface area contributed by atoms with Crippen LogP contribution in [0.3, 0.4) is 0 Å². The van der Waals surface area contributed by atoms with Crippen LogP contribution in [0.5, 0.6) is 0 Å². The number of aryl methyl sites for hydroxylation is 1. The van der Waals surface area contributed by atoms with Gasteiger partial charge < -0.3 is 19.4 Å². The van der Waals surface area contributed by atoms with Crippen molar-refractivity contribution in [1.29, 1.82) is 0 Å². The van der Waals surface area contributed by atoms with Crippen molar-refractivity contribution in [3.63, 3.8) is 0 Å². The summed E-state index contributed by atoms with van der Waals surface area (Å²) in [5, 5.41) is 3.11. The van der Waals surface area contributed by atoms with Crippen molar-refractivity contribution in [2.75, 3.05) is 39.9 Å². The summed E-state index contributed by atoms with van der Waals surface area (Å²) in [5.74, 6) is 2.89. The van der Waals surface area contributed by atoms with Crippen LogP contribution in [0, 0.1) is 18.8 Å². The second kappa shape index (κ2) is 7.00. The number of hydrogen-bond acceptors (Lipinski definition) is 4. The van der Waals surface area contributed by atoms with Gasteiger partial charge >= 0.3 is 6.03 Å². The van der Waals surface area contributed by atoms with E-state index in [0.717, 1.165) is 31.2 Å².